The van der Waals surface area contributed by atoms with Gasteiger partial charge in [0.25, 0.3) is 0 Å². The number of hydrogen-bond acceptors (Lipinski definition) is 32. The van der Waals surface area contributed by atoms with Crippen LogP contribution in [0.5, 0.6) is 17.2 Å². The van der Waals surface area contributed by atoms with Gasteiger partial charge in [0, 0.05) is 0 Å². The highest BCUT2D eigenvalue weighted by molar-refractivity contribution is 7.55. The maximum absolute atomic E-state index is 14.2. The number of carbonyl (C=O) groups excluding carboxylic acids is 3. The first-order valence-corrected chi connectivity index (χ1v) is 41.5. The van der Waals surface area contributed by atoms with Crippen LogP contribution in [-0.4, -0.2) is 200 Å². The van der Waals surface area contributed by atoms with Gasteiger partial charge in [0.05, 0.1) is 94.8 Å². The number of ether oxygens (including phenoxy) is 6. The Balaban J connectivity index is 0.000000256. The van der Waals surface area contributed by atoms with E-state index in [9.17, 15) is 75.3 Å². The Labute approximate surface area is 697 Å². The number of halogens is 7. The fourth-order valence-electron chi connectivity index (χ4n) is 10.5. The summed E-state index contributed by atoms with van der Waals surface area (Å²) in [5, 5.41) is 37.1. The Morgan fingerprint density at radius 2 is 0.864 bits per heavy atom. The maximum atomic E-state index is 14.2. The highest BCUT2D eigenvalue weighted by Gasteiger charge is 2.60. The molecule has 6 heterocycles. The zero-order valence-electron chi connectivity index (χ0n) is 70.0. The molecule has 0 spiro atoms. The third-order valence-electron chi connectivity index (χ3n) is 15.9. The molecule has 45 heteroatoms. The summed E-state index contributed by atoms with van der Waals surface area (Å²) in [6.07, 6.45) is -19.3. The molecule has 9 N–H and O–H groups in total. The van der Waals surface area contributed by atoms with E-state index in [1.165, 1.54) is 57.2 Å². The summed E-state index contributed by atoms with van der Waals surface area (Å²) in [4.78, 5) is 81.7. The molecule has 3 aliphatic rings. The Morgan fingerprint density at radius 1 is 0.534 bits per heavy atom. The second kappa shape index (κ2) is 42.8. The van der Waals surface area contributed by atoms with Gasteiger partial charge in [-0.2, -0.15) is 24.7 Å². The van der Waals surface area contributed by atoms with E-state index in [4.69, 9.17) is 116 Å². The lowest BCUT2D eigenvalue weighted by Crippen LogP contribution is -2.44. The van der Waals surface area contributed by atoms with Crippen LogP contribution in [0.15, 0.2) is 124 Å². The Kier molecular flexibility index (Phi) is 31.5. The highest BCUT2D eigenvalue weighted by atomic mass is 35.5. The molecule has 35 nitrogen and oxygen atoms in total. The minimum atomic E-state index is -4.64. The number of anilines is 3. The number of benzene rings is 3. The van der Waals surface area contributed by atoms with Crippen molar-refractivity contribution in [3.63, 3.8) is 0 Å². The average molecular weight is 1780 g/mol. The second-order valence-electron chi connectivity index (χ2n) is 26.5. The molecule has 3 fully saturated rings. The van der Waals surface area contributed by atoms with E-state index >= 15 is 0 Å². The second-order valence-corrected chi connectivity index (χ2v) is 34.3. The third-order valence-corrected chi connectivity index (χ3v) is 23.0. The van der Waals surface area contributed by atoms with Crippen molar-refractivity contribution in [3.05, 3.63) is 147 Å². The van der Waals surface area contributed by atoms with E-state index in [0.29, 0.717) is 20.0 Å². The molecular formula is C73H87Cl3F4N11O24P3. The highest BCUT2D eigenvalue weighted by Crippen LogP contribution is 2.55. The summed E-state index contributed by atoms with van der Waals surface area (Å²) in [7, 11) is -13.8. The van der Waals surface area contributed by atoms with Crippen molar-refractivity contribution < 1.29 is 125 Å². The number of aromatic nitrogens is 8. The molecular weight excluding hydrogens is 1690 g/mol. The lowest BCUT2D eigenvalue weighted by Gasteiger charge is -2.26. The molecule has 642 valence electrons. The van der Waals surface area contributed by atoms with Crippen molar-refractivity contribution in [2.24, 2.45) is 17.8 Å². The number of aliphatic hydroxyl groups excluding tert-OH is 3. The first kappa shape index (κ1) is 86.8. The van der Waals surface area contributed by atoms with E-state index in [1.807, 2.05) is 17.8 Å². The van der Waals surface area contributed by atoms with Crippen LogP contribution in [0.4, 0.5) is 35.1 Å². The quantitative estimate of drug-likeness (QED) is 0.00629. The number of rotatable bonds is 30. The molecule has 3 unspecified atom stereocenters. The third kappa shape index (κ3) is 25.8. The van der Waals surface area contributed by atoms with Gasteiger partial charge in [-0.05, 0) is 77.9 Å². The lowest BCUT2D eigenvalue weighted by atomic mass is 9.99. The largest absolute Gasteiger partial charge is 0.463 e. The van der Waals surface area contributed by atoms with Crippen LogP contribution in [0, 0.1) is 59.1 Å². The van der Waals surface area contributed by atoms with Crippen molar-refractivity contribution >= 4 is 93.1 Å². The van der Waals surface area contributed by atoms with Crippen LogP contribution in [0.25, 0.3) is 0 Å². The number of aliphatic hydroxyl groups is 3. The molecule has 118 heavy (non-hydrogen) atoms. The van der Waals surface area contributed by atoms with Gasteiger partial charge in [-0.15, -0.1) is 0 Å². The molecule has 9 rings (SSSR count). The zero-order chi connectivity index (χ0) is 92.6. The smallest absolute Gasteiger partial charge is 0.380 e. The van der Waals surface area contributed by atoms with Gasteiger partial charge in [-0.1, -0.05) is 146 Å². The van der Waals surface area contributed by atoms with Crippen LogP contribution in [0.3, 0.4) is 0 Å². The van der Waals surface area contributed by atoms with Crippen molar-refractivity contribution in [1.82, 2.24) is 38.9 Å². The summed E-state index contributed by atoms with van der Waals surface area (Å²) >= 11 is 19.6. The monoisotopic (exact) mass is 1780 g/mol. The molecule has 3 aromatic carbocycles. The van der Waals surface area contributed by atoms with E-state index in [-0.39, 0.29) is 29.0 Å². The normalized spacial score (nSPS) is 25.9. The fourth-order valence-corrected chi connectivity index (χ4v) is 16.7. The maximum Gasteiger partial charge on any atom is 0.380 e. The molecule has 3 aromatic heterocycles. The standard InChI is InChI=1S/C25H29ClF2N3O8P.2C24H29ClFN4O8P/c1-15(2)37-22(33)16(3)14-40(35,39-17-8-5-4-6-9-17)36-13-19-20(32)25(26,10-7-11-27)23(38-19)31-12-18(28)21(29)30-24(31)34;1-15(2)36-21(32)16(3)14-39(34,38-17-8-5-4-6-9-17)35-13-18-20(31)24(25,10-7-11-26)22(37-18)30-23(33)29-19(27)12-28-30;1-15(2)36-20(32)16(3)13-39(34,38-17-8-5-4-6-9-17)35-12-18-19(31)24(25,10-7-11-26)21(37-18)30-14-28-22(27)29-23(30)33/h4-6,8-9,12,15-16,19-20,23,32H,11,13-14H2,1-3H3,(H2,29,30,34);4-6,8-9,12,15-16,18,20,22,31H,11,13-14H2,1-3H3,(H2,27,29,33);4-6,8-9,14-16,18-19,21,31H,11-13H2,1-3H3,(H2,27,29,33)/t16-,19-,20+,23-,25?,40+;16-,18-,20+,22-,24?,39+;16-,18-,19+,21-,24?,39+/m111/s1/i2*13D2;12D2. The van der Waals surface area contributed by atoms with E-state index < -0.39 is 234 Å². The van der Waals surface area contributed by atoms with Crippen LogP contribution in [0.1, 0.15) is 89.2 Å². The predicted molar refractivity (Wildman–Crippen MR) is 419 cm³/mol. The number of esters is 3. The number of alkyl halides is 6. The summed E-state index contributed by atoms with van der Waals surface area (Å²) in [6, 6.07) is 22.9. The summed E-state index contributed by atoms with van der Waals surface area (Å²) in [6.45, 7) is 0.645. The first-order valence-electron chi connectivity index (χ1n) is 38.2. The van der Waals surface area contributed by atoms with Crippen molar-refractivity contribution in [2.75, 3.05) is 75.4 Å². The molecule has 0 aliphatic carbocycles. The van der Waals surface area contributed by atoms with E-state index in [0.717, 1.165) is 12.5 Å². The molecule has 0 bridgehead atoms. The lowest BCUT2D eigenvalue weighted by molar-refractivity contribution is -0.152. The number of carbonyl (C=O) groups is 3. The van der Waals surface area contributed by atoms with Gasteiger partial charge in [-0.25, -0.2) is 50.6 Å². The van der Waals surface area contributed by atoms with Crippen LogP contribution in [-0.2, 0) is 70.1 Å². The summed E-state index contributed by atoms with van der Waals surface area (Å²) in [5.74, 6) is 4.71. The minimum absolute atomic E-state index is 0.00213. The molecule has 3 saturated heterocycles. The van der Waals surface area contributed by atoms with Crippen molar-refractivity contribution in [1.29, 1.82) is 0 Å². The Hall–Kier alpha value is -9.03. The number of nitrogens with zero attached hydrogens (tertiary/aromatic N) is 8. The van der Waals surface area contributed by atoms with Crippen LogP contribution in [0.2, 0.25) is 0 Å². The molecule has 0 radical (unpaired) electrons. The van der Waals surface area contributed by atoms with Gasteiger partial charge in [-0.3, -0.25) is 37.1 Å². The Bertz CT molecular complexity index is 5080. The van der Waals surface area contributed by atoms with Crippen LogP contribution >= 0.6 is 57.6 Å². The number of hydrogen-bond donors (Lipinski definition) is 6. The number of para-hydroxylation sites is 3. The van der Waals surface area contributed by atoms with Gasteiger partial charge in [0.2, 0.25) is 5.95 Å². The number of nitrogens with two attached hydrogens (primary N) is 3. The summed E-state index contributed by atoms with van der Waals surface area (Å²) in [5.41, 5.74) is 12.9. The topological polar surface area (TPSA) is 482 Å². The average Bonchev–Trinajstić information content (AvgIpc) is 1.79. The van der Waals surface area contributed by atoms with Gasteiger partial charge < -0.3 is 74.5 Å². The molecule has 3 aliphatic heterocycles. The van der Waals surface area contributed by atoms with E-state index in [1.54, 1.807) is 96.1 Å². The molecule has 0 saturated carbocycles. The van der Waals surface area contributed by atoms with Crippen molar-refractivity contribution in [3.8, 4) is 52.8 Å². The van der Waals surface area contributed by atoms with Crippen LogP contribution < -0.4 is 47.8 Å². The fraction of sp³-hybridized carbons (Fsp3) is 0.493. The molecule has 6 aromatic rings. The predicted octanol–water partition coefficient (Wildman–Crippen LogP) is 7.66. The Morgan fingerprint density at radius 3 is 1.19 bits per heavy atom. The van der Waals surface area contributed by atoms with Gasteiger partial charge in [0.15, 0.2) is 44.9 Å². The van der Waals surface area contributed by atoms with Crippen molar-refractivity contribution in [2.45, 2.75) is 151 Å². The molecule has 18 atom stereocenters. The van der Waals surface area contributed by atoms with Gasteiger partial charge in [0.1, 0.15) is 86.0 Å². The zero-order valence-corrected chi connectivity index (χ0v) is 69.0. The van der Waals surface area contributed by atoms with E-state index in [2.05, 4.69) is 42.8 Å². The first-order chi connectivity index (χ1) is 57.8. The number of nitrogen functional groups attached to an aromatic ring is 3. The SMILES string of the molecule is [2H]C([2H])(O[P@@](=O)(C[C@@H](C)C(=O)OC(C)C)Oc1ccccc1)[C@H]1O[C@@H](n2cc(F)c(N)nc2=O)C(Cl)(C#CCF)[C@H]1O.[2H]C([2H])(O[P@@](=O)(C[C@@H](C)C(=O)OC(C)C)Oc1ccccc1)[C@H]1O[C@@H](n2cnc(N)nc2=O)C(Cl)(C#CCF)[C@H]1O.[2H]C([2H])(O[P@@](=O)(C[C@@H](C)C(=O)OC(C)C)Oc1ccccc1)[C@H]1O[C@@H](n2ncc(N)nc2=O)C(Cl)(C#CCF)[C@H]1O. The van der Waals surface area contributed by atoms with Gasteiger partial charge >= 0.3 is 57.8 Å². The molecule has 0 amide bonds. The minimum Gasteiger partial charge on any atom is -0.463 e. The summed E-state index contributed by atoms with van der Waals surface area (Å²) < 4.78 is 214.